The number of aromatic nitrogens is 3. The van der Waals surface area contributed by atoms with Crippen LogP contribution in [0.5, 0.6) is 0 Å². The van der Waals surface area contributed by atoms with Crippen LogP contribution >= 0.6 is 0 Å². The zero-order valence-corrected chi connectivity index (χ0v) is 12.5. The third-order valence-corrected chi connectivity index (χ3v) is 3.14. The van der Waals surface area contributed by atoms with Crippen molar-refractivity contribution in [2.45, 2.75) is 13.8 Å². The molecule has 0 aliphatic carbocycles. The van der Waals surface area contributed by atoms with Crippen molar-refractivity contribution in [3.63, 3.8) is 0 Å². The van der Waals surface area contributed by atoms with Gasteiger partial charge >= 0.3 is 5.78 Å². The summed E-state index contributed by atoms with van der Waals surface area (Å²) in [6.07, 6.45) is 0. The molecule has 2 aromatic heterocycles. The number of halogens is 1. The SMILES string of the molecule is Cc1cc(C)[n+](C)c2nc3ccccc3n12.[O-][Cl+3]([O-])([O-])[O-]. The predicted molar refractivity (Wildman–Crippen MR) is 63.3 cm³/mol. The van der Waals surface area contributed by atoms with Crippen LogP contribution in [0, 0.1) is 24.1 Å². The quantitative estimate of drug-likeness (QED) is 0.415. The number of hydrogen-bond acceptors (Lipinski definition) is 5. The molecule has 0 radical (unpaired) electrons. The molecule has 0 spiro atoms. The van der Waals surface area contributed by atoms with Crippen LogP contribution in [-0.2, 0) is 7.05 Å². The highest BCUT2D eigenvalue weighted by atomic mass is 35.7. The van der Waals surface area contributed by atoms with Gasteiger partial charge in [0.1, 0.15) is 5.52 Å². The molecule has 112 valence electrons. The van der Waals surface area contributed by atoms with Crippen molar-refractivity contribution in [3.05, 3.63) is 41.7 Å². The van der Waals surface area contributed by atoms with E-state index in [-0.39, 0.29) is 0 Å². The fourth-order valence-electron chi connectivity index (χ4n) is 2.21. The summed E-state index contributed by atoms with van der Waals surface area (Å²) < 4.78 is 38.3. The van der Waals surface area contributed by atoms with Gasteiger partial charge in [-0.05, 0) is 26.0 Å². The van der Waals surface area contributed by atoms with Crippen LogP contribution in [0.15, 0.2) is 30.3 Å². The molecule has 0 atom stereocenters. The van der Waals surface area contributed by atoms with Crippen LogP contribution in [0.1, 0.15) is 11.4 Å². The minimum atomic E-state index is -4.94. The van der Waals surface area contributed by atoms with Gasteiger partial charge in [-0.25, -0.2) is 23.2 Å². The third-order valence-electron chi connectivity index (χ3n) is 3.14. The van der Waals surface area contributed by atoms with Crippen molar-refractivity contribution >= 4 is 16.8 Å². The maximum atomic E-state index is 8.49. The Bertz CT molecular complexity index is 789. The van der Waals surface area contributed by atoms with Crippen molar-refractivity contribution in [1.82, 2.24) is 9.38 Å². The van der Waals surface area contributed by atoms with Gasteiger partial charge < -0.3 is 0 Å². The van der Waals surface area contributed by atoms with E-state index >= 15 is 0 Å². The zero-order valence-electron chi connectivity index (χ0n) is 11.7. The van der Waals surface area contributed by atoms with Gasteiger partial charge in [0.25, 0.3) is 0 Å². The van der Waals surface area contributed by atoms with E-state index in [4.69, 9.17) is 18.6 Å². The smallest absolute Gasteiger partial charge is 0.235 e. The van der Waals surface area contributed by atoms with Crippen LogP contribution in [0.25, 0.3) is 16.8 Å². The molecule has 0 saturated carbocycles. The fourth-order valence-corrected chi connectivity index (χ4v) is 2.21. The highest BCUT2D eigenvalue weighted by Gasteiger charge is 2.17. The van der Waals surface area contributed by atoms with E-state index < -0.39 is 10.2 Å². The second-order valence-corrected chi connectivity index (χ2v) is 5.36. The van der Waals surface area contributed by atoms with Gasteiger partial charge in [0, 0.05) is 6.07 Å². The van der Waals surface area contributed by atoms with E-state index in [2.05, 4.69) is 59.1 Å². The lowest BCUT2D eigenvalue weighted by atomic mass is 10.3. The Morgan fingerprint density at radius 1 is 1.10 bits per heavy atom. The molecule has 1 aromatic carbocycles. The summed E-state index contributed by atoms with van der Waals surface area (Å²) in [6.45, 7) is 4.22. The molecular weight excluding hydrogens is 298 g/mol. The second-order valence-electron chi connectivity index (χ2n) is 4.60. The minimum Gasteiger partial charge on any atom is -0.235 e. The van der Waals surface area contributed by atoms with Crippen molar-refractivity contribution < 1.29 is 33.4 Å². The second kappa shape index (κ2) is 5.55. The lowest BCUT2D eigenvalue weighted by Crippen LogP contribution is -2.68. The fraction of sp³-hybridized carbons (Fsp3) is 0.231. The summed E-state index contributed by atoms with van der Waals surface area (Å²) in [7, 11) is -2.89. The molecule has 0 unspecified atom stereocenters. The Labute approximate surface area is 123 Å². The first kappa shape index (κ1) is 15.6. The summed E-state index contributed by atoms with van der Waals surface area (Å²) in [5.41, 5.74) is 4.66. The summed E-state index contributed by atoms with van der Waals surface area (Å²) in [6, 6.07) is 10.4. The zero-order chi connectivity index (χ0) is 15.8. The molecule has 21 heavy (non-hydrogen) atoms. The van der Waals surface area contributed by atoms with Crippen LogP contribution in [0.2, 0.25) is 0 Å². The van der Waals surface area contributed by atoms with Crippen molar-refractivity contribution in [1.29, 1.82) is 0 Å². The first-order valence-electron chi connectivity index (χ1n) is 6.03. The van der Waals surface area contributed by atoms with Crippen LogP contribution in [0.4, 0.5) is 0 Å². The maximum Gasteiger partial charge on any atom is 0.404 e. The highest BCUT2D eigenvalue weighted by molar-refractivity contribution is 5.78. The van der Waals surface area contributed by atoms with Gasteiger partial charge in [0.2, 0.25) is 0 Å². The number of aryl methyl sites for hydroxylation is 3. The van der Waals surface area contributed by atoms with Gasteiger partial charge in [-0.1, -0.05) is 17.1 Å². The molecule has 3 rings (SSSR count). The summed E-state index contributed by atoms with van der Waals surface area (Å²) in [5.74, 6) is 0.999. The van der Waals surface area contributed by atoms with Crippen LogP contribution in [0.3, 0.4) is 0 Å². The number of para-hydroxylation sites is 2. The first-order chi connectivity index (χ1) is 9.68. The topological polar surface area (TPSA) is 113 Å². The third kappa shape index (κ3) is 3.46. The van der Waals surface area contributed by atoms with Crippen LogP contribution < -0.4 is 23.2 Å². The number of hydrogen-bond donors (Lipinski definition) is 0. The lowest BCUT2D eigenvalue weighted by molar-refractivity contribution is -2.00. The Balaban J connectivity index is 0.000000282. The Kier molecular flexibility index (Phi) is 4.13. The van der Waals surface area contributed by atoms with E-state index in [0.29, 0.717) is 0 Å². The van der Waals surface area contributed by atoms with E-state index in [1.165, 1.54) is 16.9 Å². The molecule has 0 aliphatic heterocycles. The van der Waals surface area contributed by atoms with Crippen molar-refractivity contribution in [2.24, 2.45) is 7.05 Å². The Morgan fingerprint density at radius 2 is 1.67 bits per heavy atom. The number of imidazole rings is 1. The number of nitrogens with zero attached hydrogens (tertiary/aromatic N) is 3. The lowest BCUT2D eigenvalue weighted by Gasteiger charge is -2.17. The molecule has 7 nitrogen and oxygen atoms in total. The molecule has 0 aliphatic rings. The molecule has 0 saturated heterocycles. The number of fused-ring (bicyclic) bond motifs is 3. The maximum absolute atomic E-state index is 8.49. The van der Waals surface area contributed by atoms with Crippen LogP contribution in [-0.4, -0.2) is 9.38 Å². The number of rotatable bonds is 0. The predicted octanol–water partition coefficient (Wildman–Crippen LogP) is -2.83. The summed E-state index contributed by atoms with van der Waals surface area (Å²) in [4.78, 5) is 4.66. The Morgan fingerprint density at radius 3 is 2.29 bits per heavy atom. The molecule has 8 heteroatoms. The van der Waals surface area contributed by atoms with E-state index in [0.717, 1.165) is 11.3 Å². The average molecular weight is 312 g/mol. The average Bonchev–Trinajstić information content (AvgIpc) is 2.74. The highest BCUT2D eigenvalue weighted by Crippen LogP contribution is 2.16. The molecule has 0 N–H and O–H groups in total. The van der Waals surface area contributed by atoms with Gasteiger partial charge in [-0.3, -0.25) is 0 Å². The monoisotopic (exact) mass is 311 g/mol. The molecule has 2 heterocycles. The van der Waals surface area contributed by atoms with E-state index in [1.54, 1.807) is 0 Å². The molecular formula is C13H14ClN3O4. The number of benzene rings is 1. The van der Waals surface area contributed by atoms with E-state index in [1.807, 2.05) is 6.07 Å². The van der Waals surface area contributed by atoms with Gasteiger partial charge in [0.05, 0.1) is 18.4 Å². The summed E-state index contributed by atoms with van der Waals surface area (Å²) >= 11 is 0. The molecule has 3 aromatic rings. The van der Waals surface area contributed by atoms with Crippen molar-refractivity contribution in [2.75, 3.05) is 0 Å². The van der Waals surface area contributed by atoms with Crippen molar-refractivity contribution in [3.8, 4) is 0 Å². The Hall–Kier alpha value is -1.77. The molecule has 0 fully saturated rings. The normalized spacial score (nSPS) is 11.6. The molecule has 0 bridgehead atoms. The standard InChI is InChI=1S/C13H14N3.ClHO4/c1-9-8-10(2)16-12-7-5-4-6-11(12)14-13(16)15(9)3;2-1(3,4)5/h4-8H,1-3H3;(H,2,3,4,5)/q+1;/p-1. The first-order valence-corrected chi connectivity index (χ1v) is 7.27. The van der Waals surface area contributed by atoms with Gasteiger partial charge in [0.15, 0.2) is 5.52 Å². The molecule has 0 amide bonds. The van der Waals surface area contributed by atoms with E-state index in [9.17, 15) is 0 Å². The largest absolute Gasteiger partial charge is 0.404 e. The van der Waals surface area contributed by atoms with Gasteiger partial charge in [-0.15, -0.1) is 10.2 Å². The summed E-state index contributed by atoms with van der Waals surface area (Å²) in [5, 5.41) is 0. The van der Waals surface area contributed by atoms with Gasteiger partial charge in [-0.2, -0.15) is 4.40 Å². The minimum absolute atomic E-state index is 0.999.